The van der Waals surface area contributed by atoms with Crippen LogP contribution < -0.4 is 4.74 Å². The number of nitrogens with zero attached hydrogens (tertiary/aromatic N) is 1. The van der Waals surface area contributed by atoms with Crippen LogP contribution >= 0.6 is 12.4 Å². The lowest BCUT2D eigenvalue weighted by Crippen LogP contribution is -2.46. The third kappa shape index (κ3) is 6.48. The molecule has 176 valence electrons. The second kappa shape index (κ2) is 12.0. The summed E-state index contributed by atoms with van der Waals surface area (Å²) in [6.45, 7) is 5.40. The van der Waals surface area contributed by atoms with Gasteiger partial charge in [0.2, 0.25) is 0 Å². The lowest BCUT2D eigenvalue weighted by molar-refractivity contribution is 0.000516. The summed E-state index contributed by atoms with van der Waals surface area (Å²) in [6, 6.07) is 17.8. The molecule has 1 heterocycles. The number of benzene rings is 2. The molecule has 2 aliphatic rings. The Morgan fingerprint density at radius 3 is 2.56 bits per heavy atom. The molecular formula is C28H39ClFNO. The van der Waals surface area contributed by atoms with Gasteiger partial charge in [-0.05, 0) is 55.0 Å². The molecule has 2 nitrogen and oxygen atoms in total. The first-order chi connectivity index (χ1) is 15.1. The van der Waals surface area contributed by atoms with Crippen LogP contribution in [0.3, 0.4) is 0 Å². The Labute approximate surface area is 200 Å². The van der Waals surface area contributed by atoms with Gasteiger partial charge in [-0.25, -0.2) is 4.39 Å². The molecule has 2 unspecified atom stereocenters. The van der Waals surface area contributed by atoms with Gasteiger partial charge in [0.25, 0.3) is 0 Å². The van der Waals surface area contributed by atoms with Gasteiger partial charge in [0.15, 0.2) is 0 Å². The van der Waals surface area contributed by atoms with Crippen LogP contribution in [0.2, 0.25) is 0 Å². The van der Waals surface area contributed by atoms with Crippen LogP contribution in [0.25, 0.3) is 0 Å². The standard InChI is InChI=1S/C28H38FNO.ClH/c1-23-21-30(18-9-14-24-10-4-2-5-11-24)19-17-28(23,29)26-15-8-16-27(20-26)31-22-25-12-6-3-7-13-25;/h3,6-8,12-13,15-16,20,23-24H,2,4-5,9-11,14,17-19,21-22H2,1H3;1H. The van der Waals surface area contributed by atoms with Gasteiger partial charge in [-0.2, -0.15) is 0 Å². The minimum atomic E-state index is -1.27. The summed E-state index contributed by atoms with van der Waals surface area (Å²) in [5.41, 5.74) is 0.622. The van der Waals surface area contributed by atoms with Crippen molar-refractivity contribution in [3.8, 4) is 5.75 Å². The maximum Gasteiger partial charge on any atom is 0.141 e. The topological polar surface area (TPSA) is 12.5 Å². The van der Waals surface area contributed by atoms with E-state index in [9.17, 15) is 0 Å². The van der Waals surface area contributed by atoms with Gasteiger partial charge in [0.05, 0.1) is 0 Å². The first kappa shape index (κ1) is 25.1. The van der Waals surface area contributed by atoms with Crippen LogP contribution in [0.4, 0.5) is 4.39 Å². The number of likely N-dealkylation sites (tertiary alicyclic amines) is 1. The van der Waals surface area contributed by atoms with Gasteiger partial charge < -0.3 is 9.64 Å². The van der Waals surface area contributed by atoms with Gasteiger partial charge >= 0.3 is 0 Å². The number of hydrogen-bond donors (Lipinski definition) is 0. The SMILES string of the molecule is CC1CN(CCCC2CCCCC2)CCC1(F)c1cccc(OCc2ccccc2)c1.Cl. The van der Waals surface area contributed by atoms with Crippen molar-refractivity contribution < 1.29 is 9.13 Å². The van der Waals surface area contributed by atoms with Crippen molar-refractivity contribution in [3.05, 3.63) is 65.7 Å². The molecule has 2 atom stereocenters. The first-order valence-electron chi connectivity index (χ1n) is 12.3. The molecule has 1 aliphatic carbocycles. The molecule has 0 radical (unpaired) electrons. The number of rotatable bonds is 8. The van der Waals surface area contributed by atoms with Crippen LogP contribution in [0.5, 0.6) is 5.75 Å². The van der Waals surface area contributed by atoms with Crippen molar-refractivity contribution >= 4 is 12.4 Å². The maximum atomic E-state index is 16.1. The number of piperidine rings is 1. The second-order valence-electron chi connectivity index (χ2n) is 9.76. The number of halogens is 2. The van der Waals surface area contributed by atoms with Crippen molar-refractivity contribution in [1.82, 2.24) is 4.90 Å². The molecule has 0 spiro atoms. The van der Waals surface area contributed by atoms with Crippen LogP contribution in [-0.2, 0) is 12.3 Å². The quantitative estimate of drug-likeness (QED) is 0.404. The van der Waals surface area contributed by atoms with E-state index in [0.29, 0.717) is 13.0 Å². The van der Waals surface area contributed by atoms with Gasteiger partial charge in [-0.1, -0.05) is 81.5 Å². The van der Waals surface area contributed by atoms with E-state index in [1.54, 1.807) is 0 Å². The third-order valence-electron chi connectivity index (χ3n) is 7.48. The predicted molar refractivity (Wildman–Crippen MR) is 133 cm³/mol. The summed E-state index contributed by atoms with van der Waals surface area (Å²) >= 11 is 0. The molecule has 0 amide bonds. The van der Waals surface area contributed by atoms with E-state index in [2.05, 4.69) is 11.8 Å². The maximum absolute atomic E-state index is 16.1. The lowest BCUT2D eigenvalue weighted by Gasteiger charge is -2.42. The third-order valence-corrected chi connectivity index (χ3v) is 7.48. The van der Waals surface area contributed by atoms with Crippen LogP contribution in [0.1, 0.15) is 69.4 Å². The molecule has 0 aromatic heterocycles. The number of alkyl halides is 1. The van der Waals surface area contributed by atoms with Gasteiger partial charge in [0, 0.05) is 19.0 Å². The Hall–Kier alpha value is -1.58. The van der Waals surface area contributed by atoms with E-state index in [1.807, 2.05) is 54.6 Å². The largest absolute Gasteiger partial charge is 0.489 e. The number of ether oxygens (including phenoxy) is 1. The molecule has 4 rings (SSSR count). The van der Waals surface area contributed by atoms with Crippen molar-refractivity contribution in [2.75, 3.05) is 19.6 Å². The lowest BCUT2D eigenvalue weighted by atomic mass is 9.78. The Balaban J connectivity index is 0.00000289. The fraction of sp³-hybridized carbons (Fsp3) is 0.571. The van der Waals surface area contributed by atoms with Gasteiger partial charge in [0.1, 0.15) is 18.0 Å². The van der Waals surface area contributed by atoms with Crippen LogP contribution in [-0.4, -0.2) is 24.5 Å². The fourth-order valence-corrected chi connectivity index (χ4v) is 5.49. The summed E-state index contributed by atoms with van der Waals surface area (Å²) in [4.78, 5) is 2.49. The van der Waals surface area contributed by atoms with Crippen molar-refractivity contribution in [3.63, 3.8) is 0 Å². The zero-order valence-electron chi connectivity index (χ0n) is 19.5. The van der Waals surface area contributed by atoms with Crippen molar-refractivity contribution in [2.24, 2.45) is 11.8 Å². The Kier molecular flexibility index (Phi) is 9.43. The highest BCUT2D eigenvalue weighted by Crippen LogP contribution is 2.42. The summed E-state index contributed by atoms with van der Waals surface area (Å²) in [6.07, 6.45) is 10.3. The summed E-state index contributed by atoms with van der Waals surface area (Å²) in [5, 5.41) is 0. The highest BCUT2D eigenvalue weighted by Gasteiger charge is 2.42. The van der Waals surface area contributed by atoms with E-state index < -0.39 is 5.67 Å². The second-order valence-corrected chi connectivity index (χ2v) is 9.76. The molecule has 0 bridgehead atoms. The van der Waals surface area contributed by atoms with Crippen molar-refractivity contribution in [2.45, 2.75) is 70.6 Å². The average molecular weight is 460 g/mol. The average Bonchev–Trinajstić information content (AvgIpc) is 2.82. The molecule has 1 saturated carbocycles. The van der Waals surface area contributed by atoms with Gasteiger partial charge in [-0.3, -0.25) is 0 Å². The monoisotopic (exact) mass is 459 g/mol. The fourth-order valence-electron chi connectivity index (χ4n) is 5.49. The van der Waals surface area contributed by atoms with E-state index >= 15 is 4.39 Å². The minimum Gasteiger partial charge on any atom is -0.489 e. The Morgan fingerprint density at radius 2 is 1.81 bits per heavy atom. The summed E-state index contributed by atoms with van der Waals surface area (Å²) in [5.74, 6) is 1.68. The smallest absolute Gasteiger partial charge is 0.141 e. The zero-order chi connectivity index (χ0) is 21.5. The molecule has 2 aromatic rings. The van der Waals surface area contributed by atoms with Gasteiger partial charge in [-0.15, -0.1) is 12.4 Å². The molecule has 2 fully saturated rings. The summed E-state index contributed by atoms with van der Waals surface area (Å²) in [7, 11) is 0. The molecular weight excluding hydrogens is 421 g/mol. The van der Waals surface area contributed by atoms with E-state index in [4.69, 9.17) is 4.74 Å². The summed E-state index contributed by atoms with van der Waals surface area (Å²) < 4.78 is 22.1. The van der Waals surface area contributed by atoms with Crippen molar-refractivity contribution in [1.29, 1.82) is 0 Å². The molecule has 32 heavy (non-hydrogen) atoms. The zero-order valence-corrected chi connectivity index (χ0v) is 20.3. The van der Waals surface area contributed by atoms with E-state index in [1.165, 1.54) is 44.9 Å². The van der Waals surface area contributed by atoms with Crippen LogP contribution in [0.15, 0.2) is 54.6 Å². The van der Waals surface area contributed by atoms with E-state index in [0.717, 1.165) is 42.4 Å². The Bertz CT molecular complexity index is 810. The highest BCUT2D eigenvalue weighted by molar-refractivity contribution is 5.85. The highest BCUT2D eigenvalue weighted by atomic mass is 35.5. The normalized spacial score (nSPS) is 24.6. The van der Waals surface area contributed by atoms with E-state index in [-0.39, 0.29) is 18.3 Å². The predicted octanol–water partition coefficient (Wildman–Crippen LogP) is 7.55. The Morgan fingerprint density at radius 1 is 1.03 bits per heavy atom. The first-order valence-corrected chi connectivity index (χ1v) is 12.3. The molecule has 4 heteroatoms. The van der Waals surface area contributed by atoms with Crippen LogP contribution in [0, 0.1) is 11.8 Å². The minimum absolute atomic E-state index is 0. The molecule has 1 aliphatic heterocycles. The molecule has 0 N–H and O–H groups in total. The number of hydrogen-bond acceptors (Lipinski definition) is 2. The molecule has 2 aromatic carbocycles. The molecule has 1 saturated heterocycles.